The van der Waals surface area contributed by atoms with E-state index in [1.165, 1.54) is 11.3 Å². The lowest BCUT2D eigenvalue weighted by molar-refractivity contribution is 0.0951. The number of carbonyl (C=O) groups is 1. The summed E-state index contributed by atoms with van der Waals surface area (Å²) in [6.07, 6.45) is 3.40. The van der Waals surface area contributed by atoms with Crippen molar-refractivity contribution in [3.63, 3.8) is 0 Å². The molecule has 3 aromatic rings. The van der Waals surface area contributed by atoms with Crippen LogP contribution >= 0.6 is 11.3 Å². The number of benzene rings is 1. The number of fused-ring (bicyclic) bond motifs is 1. The molecule has 6 heteroatoms. The maximum Gasteiger partial charge on any atom is 0.251 e. The van der Waals surface area contributed by atoms with Gasteiger partial charge in [-0.25, -0.2) is 4.98 Å². The van der Waals surface area contributed by atoms with Crippen molar-refractivity contribution in [2.75, 3.05) is 5.73 Å². The van der Waals surface area contributed by atoms with Gasteiger partial charge in [0.1, 0.15) is 0 Å². The Hall–Kier alpha value is -2.47. The number of nitrogen functional groups attached to an aromatic ring is 1. The molecule has 0 radical (unpaired) electrons. The Labute approximate surface area is 119 Å². The van der Waals surface area contributed by atoms with Crippen LogP contribution in [0.4, 0.5) is 5.13 Å². The molecule has 0 atom stereocenters. The van der Waals surface area contributed by atoms with Crippen LogP contribution in [0.2, 0.25) is 0 Å². The highest BCUT2D eigenvalue weighted by Gasteiger charge is 2.08. The van der Waals surface area contributed by atoms with Crippen LogP contribution in [-0.2, 0) is 6.54 Å². The molecule has 2 heterocycles. The number of hydrogen-bond acceptors (Lipinski definition) is 5. The standard InChI is InChI=1S/C14H12N4OS/c15-14-18-11-2-1-10(7-12(11)20-14)13(19)17-8-9-3-5-16-6-4-9/h1-7H,8H2,(H2,15,18)(H,17,19). The largest absolute Gasteiger partial charge is 0.375 e. The van der Waals surface area contributed by atoms with E-state index < -0.39 is 0 Å². The summed E-state index contributed by atoms with van der Waals surface area (Å²) in [6, 6.07) is 9.11. The third-order valence-electron chi connectivity index (χ3n) is 2.87. The number of carbonyl (C=O) groups excluding carboxylic acids is 1. The molecule has 1 amide bonds. The highest BCUT2D eigenvalue weighted by molar-refractivity contribution is 7.22. The fourth-order valence-electron chi connectivity index (χ4n) is 1.87. The smallest absolute Gasteiger partial charge is 0.251 e. The summed E-state index contributed by atoms with van der Waals surface area (Å²) in [5.74, 6) is -0.115. The molecule has 2 aromatic heterocycles. The second kappa shape index (κ2) is 5.26. The maximum absolute atomic E-state index is 12.1. The van der Waals surface area contributed by atoms with Gasteiger partial charge in [0.2, 0.25) is 0 Å². The van der Waals surface area contributed by atoms with Crippen LogP contribution in [0.3, 0.4) is 0 Å². The number of nitrogens with zero attached hydrogens (tertiary/aromatic N) is 2. The topological polar surface area (TPSA) is 80.9 Å². The van der Waals surface area contributed by atoms with Crippen LogP contribution < -0.4 is 11.1 Å². The van der Waals surface area contributed by atoms with E-state index >= 15 is 0 Å². The fourth-order valence-corrected chi connectivity index (χ4v) is 2.64. The van der Waals surface area contributed by atoms with Gasteiger partial charge in [-0.2, -0.15) is 0 Å². The van der Waals surface area contributed by atoms with Crippen molar-refractivity contribution in [1.29, 1.82) is 0 Å². The van der Waals surface area contributed by atoms with Gasteiger partial charge in [0.15, 0.2) is 5.13 Å². The molecule has 0 spiro atoms. The molecule has 0 fully saturated rings. The molecule has 1 aromatic carbocycles. The summed E-state index contributed by atoms with van der Waals surface area (Å²) in [4.78, 5) is 20.2. The lowest BCUT2D eigenvalue weighted by Crippen LogP contribution is -2.22. The first kappa shape index (κ1) is 12.6. The summed E-state index contributed by atoms with van der Waals surface area (Å²) in [7, 11) is 0. The van der Waals surface area contributed by atoms with Crippen LogP contribution in [0, 0.1) is 0 Å². The highest BCUT2D eigenvalue weighted by Crippen LogP contribution is 2.24. The monoisotopic (exact) mass is 284 g/mol. The van der Waals surface area contributed by atoms with E-state index in [1.54, 1.807) is 18.5 Å². The zero-order valence-electron chi connectivity index (χ0n) is 10.5. The number of thiazole rings is 1. The van der Waals surface area contributed by atoms with E-state index in [-0.39, 0.29) is 5.91 Å². The molecule has 0 saturated carbocycles. The van der Waals surface area contributed by atoms with Crippen molar-refractivity contribution in [3.05, 3.63) is 53.9 Å². The van der Waals surface area contributed by atoms with Crippen LogP contribution in [0.25, 0.3) is 10.2 Å². The Bertz CT molecular complexity index is 754. The summed E-state index contributed by atoms with van der Waals surface area (Å²) in [5.41, 5.74) is 8.09. The first-order chi connectivity index (χ1) is 9.72. The Morgan fingerprint density at radius 2 is 2.05 bits per heavy atom. The molecule has 3 N–H and O–H groups in total. The number of nitrogens with two attached hydrogens (primary N) is 1. The Morgan fingerprint density at radius 1 is 1.25 bits per heavy atom. The molecule has 3 rings (SSSR count). The predicted octanol–water partition coefficient (Wildman–Crippen LogP) is 2.20. The number of anilines is 1. The van der Waals surface area contributed by atoms with Gasteiger partial charge in [0, 0.05) is 24.5 Å². The average molecular weight is 284 g/mol. The number of rotatable bonds is 3. The molecule has 100 valence electrons. The molecule has 5 nitrogen and oxygen atoms in total. The zero-order chi connectivity index (χ0) is 13.9. The van der Waals surface area contributed by atoms with Crippen molar-refractivity contribution >= 4 is 32.6 Å². The van der Waals surface area contributed by atoms with Crippen molar-refractivity contribution in [1.82, 2.24) is 15.3 Å². The molecule has 0 saturated heterocycles. The third kappa shape index (κ3) is 2.60. The van der Waals surface area contributed by atoms with Gasteiger partial charge in [-0.1, -0.05) is 11.3 Å². The minimum Gasteiger partial charge on any atom is -0.375 e. The molecular weight excluding hydrogens is 272 g/mol. The van der Waals surface area contributed by atoms with E-state index in [4.69, 9.17) is 5.73 Å². The van der Waals surface area contributed by atoms with Crippen molar-refractivity contribution in [2.24, 2.45) is 0 Å². The maximum atomic E-state index is 12.1. The van der Waals surface area contributed by atoms with Crippen LogP contribution in [-0.4, -0.2) is 15.9 Å². The number of nitrogens with one attached hydrogen (secondary N) is 1. The molecule has 20 heavy (non-hydrogen) atoms. The van der Waals surface area contributed by atoms with Gasteiger partial charge in [0.25, 0.3) is 5.91 Å². The van der Waals surface area contributed by atoms with E-state index in [2.05, 4.69) is 15.3 Å². The normalized spacial score (nSPS) is 10.6. The quantitative estimate of drug-likeness (QED) is 0.772. The summed E-state index contributed by atoms with van der Waals surface area (Å²) in [5, 5.41) is 3.38. The van der Waals surface area contributed by atoms with Crippen LogP contribution in [0.1, 0.15) is 15.9 Å². The van der Waals surface area contributed by atoms with Gasteiger partial charge in [-0.05, 0) is 35.9 Å². The minimum absolute atomic E-state index is 0.115. The van der Waals surface area contributed by atoms with Gasteiger partial charge in [-0.15, -0.1) is 0 Å². The molecule has 0 aliphatic carbocycles. The van der Waals surface area contributed by atoms with E-state index in [0.29, 0.717) is 17.2 Å². The second-order valence-corrected chi connectivity index (χ2v) is 5.33. The summed E-state index contributed by atoms with van der Waals surface area (Å²) in [6.45, 7) is 0.476. The van der Waals surface area contributed by atoms with Crippen LogP contribution in [0.5, 0.6) is 0 Å². The minimum atomic E-state index is -0.115. The highest BCUT2D eigenvalue weighted by atomic mass is 32.1. The molecule has 0 unspecified atom stereocenters. The van der Waals surface area contributed by atoms with E-state index in [1.807, 2.05) is 24.3 Å². The molecule has 0 bridgehead atoms. The van der Waals surface area contributed by atoms with Gasteiger partial charge in [0.05, 0.1) is 10.2 Å². The first-order valence-corrected chi connectivity index (χ1v) is 6.87. The van der Waals surface area contributed by atoms with Crippen LogP contribution in [0.15, 0.2) is 42.7 Å². The summed E-state index contributed by atoms with van der Waals surface area (Å²) >= 11 is 1.38. The third-order valence-corrected chi connectivity index (χ3v) is 3.72. The zero-order valence-corrected chi connectivity index (χ0v) is 11.4. The Balaban J connectivity index is 1.75. The molecule has 0 aliphatic rings. The van der Waals surface area contributed by atoms with E-state index in [0.717, 1.165) is 15.8 Å². The van der Waals surface area contributed by atoms with Gasteiger partial charge < -0.3 is 11.1 Å². The molecule has 0 aliphatic heterocycles. The average Bonchev–Trinajstić information content (AvgIpc) is 2.85. The lowest BCUT2D eigenvalue weighted by Gasteiger charge is -2.05. The Morgan fingerprint density at radius 3 is 2.85 bits per heavy atom. The summed E-state index contributed by atoms with van der Waals surface area (Å²) < 4.78 is 0.916. The first-order valence-electron chi connectivity index (χ1n) is 6.05. The number of amides is 1. The van der Waals surface area contributed by atoms with Crippen molar-refractivity contribution in [3.8, 4) is 0 Å². The fraction of sp³-hybridized carbons (Fsp3) is 0.0714. The lowest BCUT2D eigenvalue weighted by atomic mass is 10.2. The van der Waals surface area contributed by atoms with Gasteiger partial charge in [-0.3, -0.25) is 9.78 Å². The second-order valence-electron chi connectivity index (χ2n) is 4.27. The Kier molecular flexibility index (Phi) is 3.30. The van der Waals surface area contributed by atoms with Crippen molar-refractivity contribution < 1.29 is 4.79 Å². The van der Waals surface area contributed by atoms with E-state index in [9.17, 15) is 4.79 Å². The van der Waals surface area contributed by atoms with Crippen molar-refractivity contribution in [2.45, 2.75) is 6.54 Å². The van der Waals surface area contributed by atoms with Gasteiger partial charge >= 0.3 is 0 Å². The number of aromatic nitrogens is 2. The predicted molar refractivity (Wildman–Crippen MR) is 79.4 cm³/mol. The number of pyridine rings is 1. The molecular formula is C14H12N4OS. The SMILES string of the molecule is Nc1nc2ccc(C(=O)NCc3ccncc3)cc2s1. The number of hydrogen-bond donors (Lipinski definition) is 2.